The number of carbonyl (C=O) groups excluding carboxylic acids is 1. The molecule has 0 aliphatic heterocycles. The van der Waals surface area contributed by atoms with Crippen LogP contribution < -0.4 is 5.32 Å². The number of fused-ring (bicyclic) bond motifs is 1. The SMILES string of the molecule is O=C(NCc1nc2ccccc2[nH]1)c1cc(Cl)ccc1O. The van der Waals surface area contributed by atoms with Crippen molar-refractivity contribution in [1.29, 1.82) is 0 Å². The predicted octanol–water partition coefficient (Wildman–Crippen LogP) is 2.85. The molecule has 0 radical (unpaired) electrons. The van der Waals surface area contributed by atoms with E-state index in [1.807, 2.05) is 24.3 Å². The zero-order chi connectivity index (χ0) is 14.8. The van der Waals surface area contributed by atoms with Crippen LogP contribution in [0, 0.1) is 0 Å². The lowest BCUT2D eigenvalue weighted by molar-refractivity contribution is 0.0947. The monoisotopic (exact) mass is 301 g/mol. The van der Waals surface area contributed by atoms with Crippen LogP contribution >= 0.6 is 11.6 Å². The minimum absolute atomic E-state index is 0.110. The summed E-state index contributed by atoms with van der Waals surface area (Å²) in [4.78, 5) is 19.5. The molecule has 0 unspecified atom stereocenters. The number of phenolic OH excluding ortho intramolecular Hbond substituents is 1. The van der Waals surface area contributed by atoms with E-state index in [1.165, 1.54) is 18.2 Å². The minimum Gasteiger partial charge on any atom is -0.507 e. The number of aromatic hydroxyl groups is 1. The maximum atomic E-state index is 12.0. The van der Waals surface area contributed by atoms with Crippen molar-refractivity contribution < 1.29 is 9.90 Å². The van der Waals surface area contributed by atoms with Gasteiger partial charge < -0.3 is 15.4 Å². The molecule has 3 N–H and O–H groups in total. The van der Waals surface area contributed by atoms with Crippen LogP contribution in [0.25, 0.3) is 11.0 Å². The summed E-state index contributed by atoms with van der Waals surface area (Å²) in [6, 6.07) is 11.9. The summed E-state index contributed by atoms with van der Waals surface area (Å²) in [6.45, 7) is 0.236. The van der Waals surface area contributed by atoms with Gasteiger partial charge in [0.1, 0.15) is 11.6 Å². The summed E-state index contributed by atoms with van der Waals surface area (Å²) in [7, 11) is 0. The zero-order valence-electron chi connectivity index (χ0n) is 10.9. The number of hydrogen-bond acceptors (Lipinski definition) is 3. The van der Waals surface area contributed by atoms with Gasteiger partial charge in [-0.2, -0.15) is 0 Å². The van der Waals surface area contributed by atoms with Crippen molar-refractivity contribution in [3.63, 3.8) is 0 Å². The van der Waals surface area contributed by atoms with Crippen LogP contribution in [0.5, 0.6) is 5.75 Å². The molecule has 0 saturated carbocycles. The Balaban J connectivity index is 1.74. The molecule has 0 bridgehead atoms. The second kappa shape index (κ2) is 5.46. The fourth-order valence-electron chi connectivity index (χ4n) is 2.04. The number of carbonyl (C=O) groups is 1. The first-order valence-corrected chi connectivity index (χ1v) is 6.71. The number of nitrogens with zero attached hydrogens (tertiary/aromatic N) is 1. The molecule has 5 nitrogen and oxygen atoms in total. The molecule has 0 saturated heterocycles. The summed E-state index contributed by atoms with van der Waals surface area (Å²) in [5.41, 5.74) is 1.89. The standard InChI is InChI=1S/C15H12ClN3O2/c16-9-5-6-13(20)10(7-9)15(21)17-8-14-18-11-3-1-2-4-12(11)19-14/h1-7,20H,8H2,(H,17,21)(H,18,19). The number of hydrogen-bond donors (Lipinski definition) is 3. The van der Waals surface area contributed by atoms with Crippen LogP contribution in [0.4, 0.5) is 0 Å². The zero-order valence-corrected chi connectivity index (χ0v) is 11.7. The van der Waals surface area contributed by atoms with Gasteiger partial charge in [-0.1, -0.05) is 23.7 Å². The van der Waals surface area contributed by atoms with Gasteiger partial charge in [0.2, 0.25) is 0 Å². The lowest BCUT2D eigenvalue weighted by atomic mass is 10.2. The van der Waals surface area contributed by atoms with Gasteiger partial charge in [0, 0.05) is 5.02 Å². The summed E-state index contributed by atoms with van der Waals surface area (Å²) in [6.07, 6.45) is 0. The second-order valence-corrected chi connectivity index (χ2v) is 4.98. The minimum atomic E-state index is -0.407. The lowest BCUT2D eigenvalue weighted by Gasteiger charge is -2.05. The van der Waals surface area contributed by atoms with Gasteiger partial charge in [-0.3, -0.25) is 4.79 Å². The van der Waals surface area contributed by atoms with Crippen molar-refractivity contribution >= 4 is 28.5 Å². The third-order valence-corrected chi connectivity index (χ3v) is 3.29. The molecule has 3 rings (SSSR count). The van der Waals surface area contributed by atoms with Crippen molar-refractivity contribution in [1.82, 2.24) is 15.3 Å². The number of rotatable bonds is 3. The molecule has 0 spiro atoms. The number of aromatic amines is 1. The van der Waals surface area contributed by atoms with Gasteiger partial charge in [0.25, 0.3) is 5.91 Å². The average molecular weight is 302 g/mol. The predicted molar refractivity (Wildman–Crippen MR) is 80.4 cm³/mol. The van der Waals surface area contributed by atoms with E-state index >= 15 is 0 Å². The van der Waals surface area contributed by atoms with E-state index < -0.39 is 5.91 Å². The van der Waals surface area contributed by atoms with E-state index in [4.69, 9.17) is 11.6 Å². The Labute approximate surface area is 125 Å². The van der Waals surface area contributed by atoms with Gasteiger partial charge in [-0.05, 0) is 30.3 Å². The number of H-pyrrole nitrogens is 1. The average Bonchev–Trinajstić information content (AvgIpc) is 2.90. The largest absolute Gasteiger partial charge is 0.507 e. The van der Waals surface area contributed by atoms with Gasteiger partial charge >= 0.3 is 0 Å². The number of phenols is 1. The summed E-state index contributed by atoms with van der Waals surface area (Å²) < 4.78 is 0. The second-order valence-electron chi connectivity index (χ2n) is 4.54. The Hall–Kier alpha value is -2.53. The summed E-state index contributed by atoms with van der Waals surface area (Å²) in [5.74, 6) is 0.128. The van der Waals surface area contributed by atoms with Gasteiger partial charge in [-0.25, -0.2) is 4.98 Å². The van der Waals surface area contributed by atoms with Crippen molar-refractivity contribution in [3.05, 3.63) is 58.9 Å². The molecule has 0 atom stereocenters. The molecule has 0 aliphatic carbocycles. The molecule has 0 fully saturated rings. The number of para-hydroxylation sites is 2. The van der Waals surface area contributed by atoms with Crippen LogP contribution in [-0.2, 0) is 6.54 Å². The van der Waals surface area contributed by atoms with Crippen molar-refractivity contribution in [2.24, 2.45) is 0 Å². The number of halogens is 1. The first-order chi connectivity index (χ1) is 10.1. The van der Waals surface area contributed by atoms with Crippen LogP contribution in [0.3, 0.4) is 0 Å². The maximum Gasteiger partial charge on any atom is 0.255 e. The number of imidazole rings is 1. The Morgan fingerprint density at radius 1 is 1.29 bits per heavy atom. The van der Waals surface area contributed by atoms with Crippen molar-refractivity contribution in [2.45, 2.75) is 6.54 Å². The smallest absolute Gasteiger partial charge is 0.255 e. The molecule has 0 aliphatic rings. The van der Waals surface area contributed by atoms with Crippen molar-refractivity contribution in [3.8, 4) is 5.75 Å². The van der Waals surface area contributed by atoms with Crippen LogP contribution in [0.15, 0.2) is 42.5 Å². The Kier molecular flexibility index (Phi) is 3.50. The van der Waals surface area contributed by atoms with E-state index in [-0.39, 0.29) is 17.9 Å². The van der Waals surface area contributed by atoms with Gasteiger partial charge in [0.15, 0.2) is 0 Å². The maximum absolute atomic E-state index is 12.0. The van der Waals surface area contributed by atoms with E-state index in [9.17, 15) is 9.90 Å². The highest BCUT2D eigenvalue weighted by molar-refractivity contribution is 6.31. The first kappa shape index (κ1) is 13.5. The Morgan fingerprint density at radius 3 is 2.90 bits per heavy atom. The molecule has 1 heterocycles. The molecule has 21 heavy (non-hydrogen) atoms. The third kappa shape index (κ3) is 2.83. The molecule has 106 valence electrons. The van der Waals surface area contributed by atoms with Crippen molar-refractivity contribution in [2.75, 3.05) is 0 Å². The highest BCUT2D eigenvalue weighted by atomic mass is 35.5. The van der Waals surface area contributed by atoms with Crippen LogP contribution in [0.1, 0.15) is 16.2 Å². The number of aromatic nitrogens is 2. The van der Waals surface area contributed by atoms with Gasteiger partial charge in [0.05, 0.1) is 23.1 Å². The highest BCUT2D eigenvalue weighted by Gasteiger charge is 2.12. The third-order valence-electron chi connectivity index (χ3n) is 3.06. The first-order valence-electron chi connectivity index (χ1n) is 6.34. The summed E-state index contributed by atoms with van der Waals surface area (Å²) >= 11 is 5.82. The molecular formula is C15H12ClN3O2. The normalized spacial score (nSPS) is 10.7. The number of benzene rings is 2. The molecule has 6 heteroatoms. The van der Waals surface area contributed by atoms with E-state index in [2.05, 4.69) is 15.3 Å². The quantitative estimate of drug-likeness (QED) is 0.696. The molecule has 1 amide bonds. The van der Waals surface area contributed by atoms with E-state index in [1.54, 1.807) is 0 Å². The van der Waals surface area contributed by atoms with E-state index in [0.29, 0.717) is 10.8 Å². The summed E-state index contributed by atoms with van der Waals surface area (Å²) in [5, 5.41) is 12.8. The highest BCUT2D eigenvalue weighted by Crippen LogP contribution is 2.21. The van der Waals surface area contributed by atoms with Crippen LogP contribution in [0.2, 0.25) is 5.02 Å². The molecular weight excluding hydrogens is 290 g/mol. The van der Waals surface area contributed by atoms with Gasteiger partial charge in [-0.15, -0.1) is 0 Å². The molecule has 1 aromatic heterocycles. The Bertz CT molecular complexity index is 781. The Morgan fingerprint density at radius 2 is 2.10 bits per heavy atom. The molecule has 2 aromatic carbocycles. The fourth-order valence-corrected chi connectivity index (χ4v) is 2.21. The topological polar surface area (TPSA) is 78.0 Å². The fraction of sp³-hybridized carbons (Fsp3) is 0.0667. The van der Waals surface area contributed by atoms with E-state index in [0.717, 1.165) is 11.0 Å². The number of amides is 1. The molecule has 3 aromatic rings. The number of nitrogens with one attached hydrogen (secondary N) is 2. The van der Waals surface area contributed by atoms with Crippen LogP contribution in [-0.4, -0.2) is 21.0 Å². The lowest BCUT2D eigenvalue weighted by Crippen LogP contribution is -2.23.